The highest BCUT2D eigenvalue weighted by atomic mass is 35.5. The SMILES string of the molecule is CCc1cc(Cl)cc(C(Nc2ccc(C(=N)N)cc2)C(=O)[O-])c1OCCO.Cl. The Kier molecular flexibility index (Phi) is 9.05. The van der Waals surface area contributed by atoms with Crippen LogP contribution in [0.3, 0.4) is 0 Å². The fourth-order valence-electron chi connectivity index (χ4n) is 2.65. The van der Waals surface area contributed by atoms with Gasteiger partial charge >= 0.3 is 0 Å². The number of ether oxygens (including phenoxy) is 1. The minimum Gasteiger partial charge on any atom is -0.548 e. The smallest absolute Gasteiger partial charge is 0.128 e. The first kappa shape index (κ1) is 23.6. The molecule has 0 radical (unpaired) electrons. The van der Waals surface area contributed by atoms with Crippen LogP contribution in [0.15, 0.2) is 36.4 Å². The highest BCUT2D eigenvalue weighted by molar-refractivity contribution is 6.30. The van der Waals surface area contributed by atoms with Crippen LogP contribution in [0.1, 0.15) is 29.7 Å². The van der Waals surface area contributed by atoms with Crippen LogP contribution in [0.2, 0.25) is 5.02 Å². The molecule has 0 saturated carbocycles. The molecule has 0 saturated heterocycles. The molecule has 0 spiro atoms. The zero-order chi connectivity index (χ0) is 20.0. The maximum Gasteiger partial charge on any atom is 0.128 e. The normalized spacial score (nSPS) is 11.2. The number of aliphatic carboxylic acids is 1. The molecule has 0 bridgehead atoms. The van der Waals surface area contributed by atoms with Crippen LogP contribution in [0, 0.1) is 5.41 Å². The van der Waals surface area contributed by atoms with Crippen molar-refractivity contribution < 1.29 is 19.7 Å². The third-order valence-corrected chi connectivity index (χ3v) is 4.15. The number of aliphatic hydroxyl groups excluding tert-OH is 1. The number of rotatable bonds is 9. The molecule has 2 rings (SSSR count). The second-order valence-corrected chi connectivity index (χ2v) is 6.23. The van der Waals surface area contributed by atoms with Crippen molar-refractivity contribution in [3.63, 3.8) is 0 Å². The first-order valence-corrected chi connectivity index (χ1v) is 8.73. The molecule has 0 fully saturated rings. The lowest BCUT2D eigenvalue weighted by Gasteiger charge is -2.25. The van der Waals surface area contributed by atoms with Crippen LogP contribution in [0.4, 0.5) is 5.69 Å². The molecule has 1 atom stereocenters. The summed E-state index contributed by atoms with van der Waals surface area (Å²) < 4.78 is 5.60. The Balaban J connectivity index is 0.00000392. The van der Waals surface area contributed by atoms with E-state index in [9.17, 15) is 9.90 Å². The number of halogens is 2. The molecule has 9 heteroatoms. The lowest BCUT2D eigenvalue weighted by Crippen LogP contribution is -2.34. The number of benzene rings is 2. The average Bonchev–Trinajstić information content (AvgIpc) is 2.64. The summed E-state index contributed by atoms with van der Waals surface area (Å²) in [5.41, 5.74) is 7.49. The molecule has 5 N–H and O–H groups in total. The topological polar surface area (TPSA) is 131 Å². The van der Waals surface area contributed by atoms with E-state index in [1.165, 1.54) is 6.07 Å². The van der Waals surface area contributed by atoms with Gasteiger partial charge in [-0.25, -0.2) is 0 Å². The molecule has 0 heterocycles. The van der Waals surface area contributed by atoms with Crippen LogP contribution in [0.5, 0.6) is 5.75 Å². The number of aliphatic hydroxyl groups is 1. The summed E-state index contributed by atoms with van der Waals surface area (Å²) in [7, 11) is 0. The van der Waals surface area contributed by atoms with E-state index in [1.807, 2.05) is 6.92 Å². The predicted octanol–water partition coefficient (Wildman–Crippen LogP) is 1.88. The van der Waals surface area contributed by atoms with Gasteiger partial charge in [-0.2, -0.15) is 0 Å². The summed E-state index contributed by atoms with van der Waals surface area (Å²) in [6, 6.07) is 8.42. The number of nitrogens with one attached hydrogen (secondary N) is 2. The molecule has 0 aliphatic heterocycles. The van der Waals surface area contributed by atoms with Crippen molar-refractivity contribution in [1.29, 1.82) is 5.41 Å². The summed E-state index contributed by atoms with van der Waals surface area (Å²) >= 11 is 6.16. The minimum absolute atomic E-state index is 0. The summed E-state index contributed by atoms with van der Waals surface area (Å²) in [4.78, 5) is 11.8. The maximum absolute atomic E-state index is 11.8. The largest absolute Gasteiger partial charge is 0.548 e. The van der Waals surface area contributed by atoms with Gasteiger partial charge in [0.25, 0.3) is 0 Å². The number of hydrogen-bond acceptors (Lipinski definition) is 6. The van der Waals surface area contributed by atoms with Crippen molar-refractivity contribution in [2.45, 2.75) is 19.4 Å². The summed E-state index contributed by atoms with van der Waals surface area (Å²) in [5.74, 6) is -1.08. The van der Waals surface area contributed by atoms with E-state index in [0.29, 0.717) is 34.0 Å². The lowest BCUT2D eigenvalue weighted by molar-refractivity contribution is -0.307. The van der Waals surface area contributed by atoms with E-state index in [2.05, 4.69) is 5.32 Å². The number of anilines is 1. The molecular formula is C19H22Cl2N3O4-. The molecule has 0 aromatic heterocycles. The van der Waals surface area contributed by atoms with Gasteiger partial charge in [0, 0.05) is 21.8 Å². The first-order chi connectivity index (χ1) is 12.9. The van der Waals surface area contributed by atoms with Crippen LogP contribution < -0.4 is 20.9 Å². The Bertz CT molecular complexity index is 829. The lowest BCUT2D eigenvalue weighted by atomic mass is 10.00. The van der Waals surface area contributed by atoms with Gasteiger partial charge in [-0.3, -0.25) is 5.41 Å². The van der Waals surface area contributed by atoms with E-state index in [1.54, 1.807) is 30.3 Å². The van der Waals surface area contributed by atoms with Gasteiger partial charge < -0.3 is 30.8 Å². The van der Waals surface area contributed by atoms with Gasteiger partial charge in [-0.05, 0) is 48.4 Å². The van der Waals surface area contributed by atoms with E-state index in [0.717, 1.165) is 5.56 Å². The van der Waals surface area contributed by atoms with Gasteiger partial charge in [-0.15, -0.1) is 12.4 Å². The number of nitrogens with two attached hydrogens (primary N) is 1. The van der Waals surface area contributed by atoms with Crippen molar-refractivity contribution in [1.82, 2.24) is 0 Å². The highest BCUT2D eigenvalue weighted by Gasteiger charge is 2.21. The van der Waals surface area contributed by atoms with Crippen LogP contribution in [-0.4, -0.2) is 30.1 Å². The number of carboxylic acids is 1. The average molecular weight is 427 g/mol. The number of carbonyl (C=O) groups excluding carboxylic acids is 1. The molecule has 1 unspecified atom stereocenters. The zero-order valence-electron chi connectivity index (χ0n) is 15.2. The number of nitrogen functional groups attached to an aromatic ring is 1. The maximum atomic E-state index is 11.8. The molecule has 0 aliphatic rings. The Morgan fingerprint density at radius 1 is 1.36 bits per heavy atom. The second kappa shape index (κ2) is 10.8. The van der Waals surface area contributed by atoms with Gasteiger partial charge in [-0.1, -0.05) is 18.5 Å². The molecule has 2 aromatic rings. The first-order valence-electron chi connectivity index (χ1n) is 8.35. The number of amidine groups is 1. The van der Waals surface area contributed by atoms with Crippen LogP contribution in [0.25, 0.3) is 0 Å². The fraction of sp³-hybridized carbons (Fsp3) is 0.263. The van der Waals surface area contributed by atoms with Gasteiger partial charge in [0.15, 0.2) is 0 Å². The minimum atomic E-state index is -1.36. The third-order valence-electron chi connectivity index (χ3n) is 3.93. The highest BCUT2D eigenvalue weighted by Crippen LogP contribution is 2.35. The Labute approximate surface area is 174 Å². The Morgan fingerprint density at radius 3 is 2.50 bits per heavy atom. The molecule has 0 aliphatic carbocycles. The number of hydrogen-bond donors (Lipinski definition) is 4. The van der Waals surface area contributed by atoms with E-state index < -0.39 is 12.0 Å². The molecular weight excluding hydrogens is 405 g/mol. The van der Waals surface area contributed by atoms with Crippen LogP contribution in [-0.2, 0) is 11.2 Å². The Hall–Kier alpha value is -2.48. The van der Waals surface area contributed by atoms with Gasteiger partial charge in [0.2, 0.25) is 0 Å². The van der Waals surface area contributed by atoms with E-state index >= 15 is 0 Å². The predicted molar refractivity (Wildman–Crippen MR) is 109 cm³/mol. The quantitative estimate of drug-likeness (QED) is 0.357. The van der Waals surface area contributed by atoms with Gasteiger partial charge in [0.1, 0.15) is 18.2 Å². The molecule has 28 heavy (non-hydrogen) atoms. The fourth-order valence-corrected chi connectivity index (χ4v) is 2.90. The monoisotopic (exact) mass is 426 g/mol. The number of carboxylic acid groups (broad SMARTS) is 1. The summed E-state index contributed by atoms with van der Waals surface area (Å²) in [6.45, 7) is 1.71. The zero-order valence-corrected chi connectivity index (χ0v) is 16.8. The summed E-state index contributed by atoms with van der Waals surface area (Å²) in [6.07, 6.45) is 0.571. The molecule has 7 nitrogen and oxygen atoms in total. The van der Waals surface area contributed by atoms with Crippen molar-refractivity contribution in [3.8, 4) is 5.75 Å². The molecule has 2 aromatic carbocycles. The van der Waals surface area contributed by atoms with E-state index in [-0.39, 0.29) is 31.5 Å². The Morgan fingerprint density at radius 2 is 2.00 bits per heavy atom. The van der Waals surface area contributed by atoms with E-state index in [4.69, 9.17) is 32.6 Å². The van der Waals surface area contributed by atoms with Crippen molar-refractivity contribution in [3.05, 3.63) is 58.1 Å². The van der Waals surface area contributed by atoms with Crippen molar-refractivity contribution in [2.75, 3.05) is 18.5 Å². The van der Waals surface area contributed by atoms with Crippen LogP contribution >= 0.6 is 24.0 Å². The molecule has 0 amide bonds. The number of aryl methyl sites for hydroxylation is 1. The number of carbonyl (C=O) groups is 1. The third kappa shape index (κ3) is 5.76. The van der Waals surface area contributed by atoms with Gasteiger partial charge in [0.05, 0.1) is 18.6 Å². The standard InChI is InChI=1S/C19H22ClN3O4.ClH/c1-2-11-9-13(20)10-15(17(11)27-8-7-24)16(19(25)26)23-14-5-3-12(4-6-14)18(21)22;/h3-6,9-10,16,23-24H,2,7-8H2,1H3,(H3,21,22)(H,25,26);1H/p-1. The second-order valence-electron chi connectivity index (χ2n) is 5.80. The molecule has 152 valence electrons. The summed E-state index contributed by atoms with van der Waals surface area (Å²) in [5, 5.41) is 31.6. The van der Waals surface area contributed by atoms with Crippen molar-refractivity contribution >= 4 is 41.5 Å². The van der Waals surface area contributed by atoms with Crippen molar-refractivity contribution in [2.24, 2.45) is 5.73 Å².